The Morgan fingerprint density at radius 3 is 2.47 bits per heavy atom. The number of benzene rings is 2. The molecule has 34 heavy (non-hydrogen) atoms. The number of esters is 1. The van der Waals surface area contributed by atoms with Crippen molar-refractivity contribution in [1.82, 2.24) is 14.6 Å². The smallest absolute Gasteiger partial charge is 0.416 e. The summed E-state index contributed by atoms with van der Waals surface area (Å²) in [6.45, 7) is 3.53. The number of hydrogen-bond donors (Lipinski definition) is 0. The van der Waals surface area contributed by atoms with Crippen LogP contribution in [0.2, 0.25) is 0 Å². The maximum absolute atomic E-state index is 13.8. The van der Waals surface area contributed by atoms with E-state index >= 15 is 0 Å². The van der Waals surface area contributed by atoms with Crippen molar-refractivity contribution in [3.63, 3.8) is 0 Å². The second kappa shape index (κ2) is 8.89. The summed E-state index contributed by atoms with van der Waals surface area (Å²) in [4.78, 5) is 17.5. The van der Waals surface area contributed by atoms with E-state index in [9.17, 15) is 22.4 Å². The summed E-state index contributed by atoms with van der Waals surface area (Å²) in [6.07, 6.45) is -1.31. The predicted octanol–water partition coefficient (Wildman–Crippen LogP) is 5.62. The Labute approximate surface area is 193 Å². The minimum Gasteiger partial charge on any atom is -0.465 e. The van der Waals surface area contributed by atoms with Gasteiger partial charge in [0, 0.05) is 11.8 Å². The number of ether oxygens (including phenoxy) is 1. The van der Waals surface area contributed by atoms with Crippen molar-refractivity contribution >= 4 is 11.6 Å². The van der Waals surface area contributed by atoms with Crippen LogP contribution in [-0.4, -0.2) is 27.2 Å². The van der Waals surface area contributed by atoms with E-state index < -0.39 is 28.9 Å². The number of carbonyl (C=O) groups excluding carboxylic acids is 1. The number of hydrogen-bond acceptors (Lipinski definition) is 4. The van der Waals surface area contributed by atoms with E-state index in [2.05, 4.69) is 10.1 Å². The Bertz CT molecular complexity index is 1330. The Morgan fingerprint density at radius 1 is 1.09 bits per heavy atom. The van der Waals surface area contributed by atoms with Crippen LogP contribution in [-0.2, 0) is 27.5 Å². The predicted molar refractivity (Wildman–Crippen MR) is 118 cm³/mol. The van der Waals surface area contributed by atoms with Crippen LogP contribution in [0.15, 0.2) is 67.0 Å². The Hall–Kier alpha value is -3.75. The molecule has 0 radical (unpaired) electrons. The molecule has 0 spiro atoms. The number of halogens is 4. The lowest BCUT2D eigenvalue weighted by molar-refractivity contribution is -0.149. The van der Waals surface area contributed by atoms with Crippen LogP contribution < -0.4 is 0 Å². The van der Waals surface area contributed by atoms with E-state index in [1.165, 1.54) is 41.2 Å². The molecule has 0 aliphatic rings. The van der Waals surface area contributed by atoms with E-state index in [1.807, 2.05) is 0 Å². The summed E-state index contributed by atoms with van der Waals surface area (Å²) < 4.78 is 59.5. The zero-order valence-electron chi connectivity index (χ0n) is 18.4. The third-order valence-corrected chi connectivity index (χ3v) is 5.66. The molecule has 9 heteroatoms. The van der Waals surface area contributed by atoms with Gasteiger partial charge >= 0.3 is 12.1 Å². The third-order valence-electron chi connectivity index (χ3n) is 5.66. The molecule has 5 nitrogen and oxygen atoms in total. The lowest BCUT2D eigenvalue weighted by Gasteiger charge is -2.28. The molecular formula is C25H21F4N3O2. The van der Waals surface area contributed by atoms with Gasteiger partial charge < -0.3 is 4.74 Å². The highest BCUT2D eigenvalue weighted by Gasteiger charge is 2.40. The molecule has 0 bridgehead atoms. The first-order valence-electron chi connectivity index (χ1n) is 10.6. The lowest BCUT2D eigenvalue weighted by Crippen LogP contribution is -2.38. The van der Waals surface area contributed by atoms with Gasteiger partial charge in [-0.1, -0.05) is 24.3 Å². The van der Waals surface area contributed by atoms with Crippen LogP contribution in [0.25, 0.3) is 16.8 Å². The van der Waals surface area contributed by atoms with Gasteiger partial charge in [-0.2, -0.15) is 18.3 Å². The molecule has 2 heterocycles. The SMILES string of the molecule is CCOC(=O)C(C)(Cc1cccc(F)c1)c1ccnc2c(-c3ccc(C(F)(F)F)cc3)cnn12. The molecule has 2 aromatic heterocycles. The highest BCUT2D eigenvalue weighted by molar-refractivity contribution is 5.84. The number of carbonyl (C=O) groups is 1. The summed E-state index contributed by atoms with van der Waals surface area (Å²) in [5.41, 5.74) is 0.421. The zero-order valence-corrected chi connectivity index (χ0v) is 18.4. The van der Waals surface area contributed by atoms with E-state index in [0.717, 1.165) is 12.1 Å². The van der Waals surface area contributed by atoms with Gasteiger partial charge in [0.15, 0.2) is 5.65 Å². The highest BCUT2D eigenvalue weighted by Crippen LogP contribution is 2.34. The van der Waals surface area contributed by atoms with Crippen molar-refractivity contribution in [3.8, 4) is 11.1 Å². The highest BCUT2D eigenvalue weighted by atomic mass is 19.4. The molecular weight excluding hydrogens is 450 g/mol. The van der Waals surface area contributed by atoms with Gasteiger partial charge in [0.05, 0.1) is 24.1 Å². The van der Waals surface area contributed by atoms with Crippen LogP contribution in [0.1, 0.15) is 30.7 Å². The van der Waals surface area contributed by atoms with E-state index in [4.69, 9.17) is 4.74 Å². The van der Waals surface area contributed by atoms with Crippen LogP contribution in [0.4, 0.5) is 17.6 Å². The topological polar surface area (TPSA) is 56.5 Å². The Morgan fingerprint density at radius 2 is 1.82 bits per heavy atom. The van der Waals surface area contributed by atoms with Crippen molar-refractivity contribution in [2.24, 2.45) is 0 Å². The number of nitrogens with zero attached hydrogens (tertiary/aromatic N) is 3. The summed E-state index contributed by atoms with van der Waals surface area (Å²) in [7, 11) is 0. The Balaban J connectivity index is 1.82. The summed E-state index contributed by atoms with van der Waals surface area (Å²) in [5, 5.41) is 4.38. The first kappa shape index (κ1) is 23.4. The van der Waals surface area contributed by atoms with Crippen LogP contribution >= 0.6 is 0 Å². The fourth-order valence-electron chi connectivity index (χ4n) is 3.96. The summed E-state index contributed by atoms with van der Waals surface area (Å²) in [5.74, 6) is -0.939. The van der Waals surface area contributed by atoms with Crippen LogP contribution in [0, 0.1) is 5.82 Å². The molecule has 0 saturated carbocycles. The largest absolute Gasteiger partial charge is 0.465 e. The first-order chi connectivity index (χ1) is 16.1. The second-order valence-electron chi connectivity index (χ2n) is 8.06. The number of rotatable bonds is 6. The lowest BCUT2D eigenvalue weighted by atomic mass is 9.80. The monoisotopic (exact) mass is 471 g/mol. The molecule has 0 N–H and O–H groups in total. The summed E-state index contributed by atoms with van der Waals surface area (Å²) in [6, 6.07) is 12.3. The van der Waals surface area contributed by atoms with Gasteiger partial charge in [-0.25, -0.2) is 13.9 Å². The number of aromatic nitrogens is 3. The van der Waals surface area contributed by atoms with Gasteiger partial charge in [-0.3, -0.25) is 4.79 Å². The minimum atomic E-state index is -4.44. The standard InChI is InChI=1S/C25H21F4N3O2/c1-3-34-23(33)24(2,14-16-5-4-6-19(26)13-16)21-11-12-30-22-20(15-31-32(21)22)17-7-9-18(10-8-17)25(27,28)29/h4-13,15H,3,14H2,1-2H3. The van der Waals surface area contributed by atoms with Gasteiger partial charge in [-0.05, 0) is 61.7 Å². The summed E-state index contributed by atoms with van der Waals surface area (Å²) >= 11 is 0. The van der Waals surface area contributed by atoms with E-state index in [0.29, 0.717) is 28.0 Å². The van der Waals surface area contributed by atoms with Crippen LogP contribution in [0.5, 0.6) is 0 Å². The molecule has 0 aliphatic carbocycles. The van der Waals surface area contributed by atoms with Gasteiger partial charge in [0.2, 0.25) is 0 Å². The molecule has 1 atom stereocenters. The van der Waals surface area contributed by atoms with Crippen molar-refractivity contribution in [3.05, 3.63) is 89.6 Å². The fourth-order valence-corrected chi connectivity index (χ4v) is 3.96. The minimum absolute atomic E-state index is 0.137. The molecule has 2 aromatic carbocycles. The fraction of sp³-hybridized carbons (Fsp3) is 0.240. The number of fused-ring (bicyclic) bond motifs is 1. The molecule has 4 aromatic rings. The average molecular weight is 471 g/mol. The van der Waals surface area contributed by atoms with Gasteiger partial charge in [0.25, 0.3) is 0 Å². The first-order valence-corrected chi connectivity index (χ1v) is 10.6. The van der Waals surface area contributed by atoms with Gasteiger partial charge in [0.1, 0.15) is 11.2 Å². The van der Waals surface area contributed by atoms with E-state index in [1.54, 1.807) is 32.0 Å². The second-order valence-corrected chi connectivity index (χ2v) is 8.06. The molecule has 0 fully saturated rings. The molecule has 0 aliphatic heterocycles. The van der Waals surface area contributed by atoms with Crippen LogP contribution in [0.3, 0.4) is 0 Å². The third kappa shape index (κ3) is 4.37. The van der Waals surface area contributed by atoms with E-state index in [-0.39, 0.29) is 13.0 Å². The van der Waals surface area contributed by atoms with Crippen molar-refractivity contribution in [1.29, 1.82) is 0 Å². The maximum atomic E-state index is 13.8. The van der Waals surface area contributed by atoms with Gasteiger partial charge in [-0.15, -0.1) is 0 Å². The number of alkyl halides is 3. The molecule has 1 unspecified atom stereocenters. The van der Waals surface area contributed by atoms with Crippen molar-refractivity contribution in [2.45, 2.75) is 31.9 Å². The Kier molecular flexibility index (Phi) is 6.12. The molecule has 4 rings (SSSR count). The van der Waals surface area contributed by atoms with Crippen molar-refractivity contribution < 1.29 is 27.1 Å². The quantitative estimate of drug-likeness (QED) is 0.271. The molecule has 0 saturated heterocycles. The van der Waals surface area contributed by atoms with Crippen molar-refractivity contribution in [2.75, 3.05) is 6.61 Å². The molecule has 176 valence electrons. The average Bonchev–Trinajstić information content (AvgIpc) is 3.23. The zero-order chi connectivity index (χ0) is 24.5. The molecule has 0 amide bonds. The normalized spacial score (nSPS) is 13.6. The maximum Gasteiger partial charge on any atom is 0.416 e.